The predicted molar refractivity (Wildman–Crippen MR) is 103 cm³/mol. The molecule has 1 saturated carbocycles. The molecule has 0 saturated heterocycles. The van der Waals surface area contributed by atoms with E-state index in [0.29, 0.717) is 23.5 Å². The van der Waals surface area contributed by atoms with Gasteiger partial charge in [0.05, 0.1) is 13.2 Å². The van der Waals surface area contributed by atoms with E-state index in [9.17, 15) is 0 Å². The second-order valence-corrected chi connectivity index (χ2v) is 7.11. The minimum Gasteiger partial charge on any atom is -0.395 e. The number of aliphatic hydroxyl groups excluding tert-OH is 1. The van der Waals surface area contributed by atoms with E-state index >= 15 is 0 Å². The summed E-state index contributed by atoms with van der Waals surface area (Å²) < 4.78 is 0. The molecule has 1 N–H and O–H groups in total. The van der Waals surface area contributed by atoms with Crippen LogP contribution in [0.3, 0.4) is 0 Å². The Bertz CT molecular complexity index is 561. The number of anilines is 1. The highest BCUT2D eigenvalue weighted by molar-refractivity contribution is 6.29. The van der Waals surface area contributed by atoms with Gasteiger partial charge in [0, 0.05) is 26.1 Å². The highest BCUT2D eigenvalue weighted by Crippen LogP contribution is 2.29. The molecular weight excluding hydrogens is 336 g/mol. The minimum absolute atomic E-state index is 0.201. The van der Waals surface area contributed by atoms with Crippen molar-refractivity contribution in [1.29, 1.82) is 0 Å². The van der Waals surface area contributed by atoms with Gasteiger partial charge < -0.3 is 10.0 Å². The first-order valence-corrected chi connectivity index (χ1v) is 9.52. The Morgan fingerprint density at radius 3 is 2.60 bits per heavy atom. The first-order valence-electron chi connectivity index (χ1n) is 9.14. The zero-order chi connectivity index (χ0) is 18.1. The molecule has 0 radical (unpaired) electrons. The molecule has 0 spiro atoms. The topological polar surface area (TPSA) is 52.5 Å². The quantitative estimate of drug-likeness (QED) is 0.754. The Morgan fingerprint density at radius 2 is 2.00 bits per heavy atom. The van der Waals surface area contributed by atoms with Gasteiger partial charge in [-0.05, 0) is 50.3 Å². The van der Waals surface area contributed by atoms with Gasteiger partial charge in [0.25, 0.3) is 0 Å². The van der Waals surface area contributed by atoms with Crippen LogP contribution in [0.5, 0.6) is 0 Å². The number of hydrogen-bond donors (Lipinski definition) is 1. The molecule has 1 aliphatic rings. The van der Waals surface area contributed by atoms with Crippen LogP contribution in [0.4, 0.5) is 5.82 Å². The molecule has 1 aliphatic carbocycles. The van der Waals surface area contributed by atoms with Gasteiger partial charge in [0.1, 0.15) is 0 Å². The van der Waals surface area contributed by atoms with Crippen molar-refractivity contribution >= 4 is 17.4 Å². The van der Waals surface area contributed by atoms with Gasteiger partial charge >= 0.3 is 0 Å². The molecule has 0 aliphatic heterocycles. The first-order chi connectivity index (χ1) is 12.1. The Kier molecular flexibility index (Phi) is 8.47. The third-order valence-electron chi connectivity index (χ3n) is 4.86. The minimum atomic E-state index is 0.201. The Balaban J connectivity index is 1.73. The summed E-state index contributed by atoms with van der Waals surface area (Å²) in [6, 6.07) is 3.70. The molecule has 0 aromatic carbocycles. The smallest absolute Gasteiger partial charge is 0.151 e. The van der Waals surface area contributed by atoms with Gasteiger partial charge in [0.15, 0.2) is 11.0 Å². The molecule has 6 heteroatoms. The van der Waals surface area contributed by atoms with Crippen LogP contribution in [0.1, 0.15) is 32.6 Å². The summed E-state index contributed by atoms with van der Waals surface area (Å²) in [6.45, 7) is 5.70. The van der Waals surface area contributed by atoms with E-state index in [0.717, 1.165) is 25.5 Å². The average molecular weight is 365 g/mol. The maximum atomic E-state index is 9.00. The molecule has 1 aromatic heterocycles. The van der Waals surface area contributed by atoms with Crippen LogP contribution < -0.4 is 4.90 Å². The third-order valence-corrected chi connectivity index (χ3v) is 5.06. The lowest BCUT2D eigenvalue weighted by atomic mass is 9.82. The predicted octanol–water partition coefficient (Wildman–Crippen LogP) is 2.69. The summed E-state index contributed by atoms with van der Waals surface area (Å²) in [6.07, 6.45) is 4.76. The van der Waals surface area contributed by atoms with E-state index in [4.69, 9.17) is 16.7 Å². The fourth-order valence-electron chi connectivity index (χ4n) is 3.27. The maximum absolute atomic E-state index is 9.00. The number of hydrogen-bond acceptors (Lipinski definition) is 5. The first kappa shape index (κ1) is 20.0. The normalized spacial score (nSPS) is 20.2. The molecule has 1 aromatic rings. The summed E-state index contributed by atoms with van der Waals surface area (Å²) in [7, 11) is 2.06. The summed E-state index contributed by atoms with van der Waals surface area (Å²) in [5.41, 5.74) is 0. The summed E-state index contributed by atoms with van der Waals surface area (Å²) in [5, 5.41) is 17.5. The Morgan fingerprint density at radius 1 is 1.24 bits per heavy atom. The summed E-state index contributed by atoms with van der Waals surface area (Å²) in [5.74, 6) is 8.80. The van der Waals surface area contributed by atoms with Crippen LogP contribution in [0, 0.1) is 23.7 Å². The van der Waals surface area contributed by atoms with E-state index in [2.05, 4.69) is 45.8 Å². The molecule has 0 amide bonds. The summed E-state index contributed by atoms with van der Waals surface area (Å²) >= 11 is 5.79. The molecular formula is C19H29ClN4O. The molecule has 0 atom stereocenters. The molecule has 5 nitrogen and oxygen atoms in total. The van der Waals surface area contributed by atoms with Gasteiger partial charge in [-0.15, -0.1) is 10.2 Å². The van der Waals surface area contributed by atoms with Crippen molar-refractivity contribution in [3.8, 4) is 11.8 Å². The number of nitrogens with zero attached hydrogens (tertiary/aromatic N) is 4. The van der Waals surface area contributed by atoms with Crippen LogP contribution in [0.15, 0.2) is 12.1 Å². The Hall–Kier alpha value is -1.35. The largest absolute Gasteiger partial charge is 0.395 e. The van der Waals surface area contributed by atoms with Crippen molar-refractivity contribution < 1.29 is 5.11 Å². The molecule has 25 heavy (non-hydrogen) atoms. The summed E-state index contributed by atoms with van der Waals surface area (Å²) in [4.78, 5) is 4.33. The van der Waals surface area contributed by atoms with Crippen molar-refractivity contribution in [2.45, 2.75) is 32.6 Å². The fourth-order valence-corrected chi connectivity index (χ4v) is 3.38. The van der Waals surface area contributed by atoms with E-state index < -0.39 is 0 Å². The van der Waals surface area contributed by atoms with E-state index in [1.54, 1.807) is 6.07 Å². The molecule has 138 valence electrons. The van der Waals surface area contributed by atoms with Gasteiger partial charge in [-0.25, -0.2) is 0 Å². The zero-order valence-electron chi connectivity index (χ0n) is 15.3. The van der Waals surface area contributed by atoms with Gasteiger partial charge in [-0.3, -0.25) is 4.90 Å². The Labute approximate surface area is 156 Å². The number of aliphatic hydroxyl groups is 1. The number of aromatic nitrogens is 2. The van der Waals surface area contributed by atoms with E-state index in [1.807, 2.05) is 6.07 Å². The lowest BCUT2D eigenvalue weighted by Crippen LogP contribution is -2.29. The van der Waals surface area contributed by atoms with Crippen LogP contribution >= 0.6 is 11.6 Å². The molecule has 2 rings (SSSR count). The number of rotatable bonds is 7. The highest BCUT2D eigenvalue weighted by Gasteiger charge is 2.21. The number of likely N-dealkylation sites (N-methyl/N-ethyl adjacent to an activating group) is 1. The average Bonchev–Trinajstić information content (AvgIpc) is 2.63. The lowest BCUT2D eigenvalue weighted by Gasteiger charge is -2.29. The molecule has 0 unspecified atom stereocenters. The SMILES string of the molecule is CCN(CC#CC1CCC(CN(C)c2ccc(Cl)nn2)CC1)CCO. The van der Waals surface area contributed by atoms with Crippen molar-refractivity contribution in [1.82, 2.24) is 15.1 Å². The van der Waals surface area contributed by atoms with Crippen molar-refractivity contribution in [2.75, 3.05) is 44.7 Å². The number of halogens is 1. The van der Waals surface area contributed by atoms with Gasteiger partial charge in [-0.1, -0.05) is 30.4 Å². The highest BCUT2D eigenvalue weighted by atomic mass is 35.5. The van der Waals surface area contributed by atoms with Crippen molar-refractivity contribution in [3.63, 3.8) is 0 Å². The standard InChI is InChI=1S/C19H29ClN4O/c1-3-24(13-14-25)12-4-5-16-6-8-17(9-7-16)15-23(2)19-11-10-18(20)21-22-19/h10-11,16-17,25H,3,6-9,12-15H2,1-2H3. The maximum Gasteiger partial charge on any atom is 0.151 e. The third kappa shape index (κ3) is 6.81. The molecule has 1 heterocycles. The second-order valence-electron chi connectivity index (χ2n) is 6.73. The zero-order valence-corrected chi connectivity index (χ0v) is 16.0. The lowest BCUT2D eigenvalue weighted by molar-refractivity contribution is 0.216. The molecule has 1 fully saturated rings. The monoisotopic (exact) mass is 364 g/mol. The van der Waals surface area contributed by atoms with Crippen LogP contribution in [-0.4, -0.2) is 60.0 Å². The fraction of sp³-hybridized carbons (Fsp3) is 0.684. The van der Waals surface area contributed by atoms with Gasteiger partial charge in [0.2, 0.25) is 0 Å². The van der Waals surface area contributed by atoms with E-state index in [1.165, 1.54) is 25.7 Å². The van der Waals surface area contributed by atoms with Crippen molar-refractivity contribution in [3.05, 3.63) is 17.3 Å². The van der Waals surface area contributed by atoms with E-state index in [-0.39, 0.29) is 6.61 Å². The van der Waals surface area contributed by atoms with Gasteiger partial charge in [-0.2, -0.15) is 0 Å². The molecule has 0 bridgehead atoms. The van der Waals surface area contributed by atoms with Crippen LogP contribution in [-0.2, 0) is 0 Å². The second kappa shape index (κ2) is 10.6. The van der Waals surface area contributed by atoms with Crippen LogP contribution in [0.2, 0.25) is 5.15 Å². The van der Waals surface area contributed by atoms with Crippen molar-refractivity contribution in [2.24, 2.45) is 11.8 Å². The van der Waals surface area contributed by atoms with Crippen LogP contribution in [0.25, 0.3) is 0 Å².